The number of hydrogen-bond donors (Lipinski definition) is 0. The zero-order valence-electron chi connectivity index (χ0n) is 8.66. The van der Waals surface area contributed by atoms with Crippen molar-refractivity contribution in [3.05, 3.63) is 56.6 Å². The van der Waals surface area contributed by atoms with Crippen LogP contribution < -0.4 is 4.74 Å². The van der Waals surface area contributed by atoms with Gasteiger partial charge in [0.15, 0.2) is 0 Å². The SMILES string of the molecule is Clc1ccccc1COc1ncc(Br)cc1Cl. The van der Waals surface area contributed by atoms with E-state index in [0.717, 1.165) is 10.0 Å². The molecule has 2 rings (SSSR count). The van der Waals surface area contributed by atoms with E-state index in [-0.39, 0.29) is 0 Å². The largest absolute Gasteiger partial charge is 0.472 e. The van der Waals surface area contributed by atoms with Crippen molar-refractivity contribution in [2.75, 3.05) is 0 Å². The fraction of sp³-hybridized carbons (Fsp3) is 0.0833. The summed E-state index contributed by atoms with van der Waals surface area (Å²) >= 11 is 15.3. The second-order valence-electron chi connectivity index (χ2n) is 3.32. The van der Waals surface area contributed by atoms with Gasteiger partial charge >= 0.3 is 0 Å². The van der Waals surface area contributed by atoms with E-state index in [2.05, 4.69) is 20.9 Å². The summed E-state index contributed by atoms with van der Waals surface area (Å²) < 4.78 is 6.32. The number of aromatic nitrogens is 1. The molecule has 0 bridgehead atoms. The van der Waals surface area contributed by atoms with Crippen molar-refractivity contribution in [2.45, 2.75) is 6.61 Å². The average Bonchev–Trinajstić information content (AvgIpc) is 2.30. The highest BCUT2D eigenvalue weighted by Crippen LogP contribution is 2.26. The number of pyridine rings is 1. The first-order chi connectivity index (χ1) is 8.16. The molecule has 1 aromatic carbocycles. The summed E-state index contributed by atoms with van der Waals surface area (Å²) in [5.41, 5.74) is 0.898. The zero-order valence-corrected chi connectivity index (χ0v) is 11.8. The summed E-state index contributed by atoms with van der Waals surface area (Å²) in [6.45, 7) is 0.341. The number of rotatable bonds is 3. The van der Waals surface area contributed by atoms with Gasteiger partial charge in [-0.1, -0.05) is 41.4 Å². The summed E-state index contributed by atoms with van der Waals surface area (Å²) in [5.74, 6) is 0.398. The number of benzene rings is 1. The molecule has 0 amide bonds. The minimum absolute atomic E-state index is 0.341. The molecule has 2 aromatic rings. The first-order valence-electron chi connectivity index (χ1n) is 4.84. The third kappa shape index (κ3) is 3.35. The van der Waals surface area contributed by atoms with Crippen LogP contribution in [0.2, 0.25) is 10.0 Å². The van der Waals surface area contributed by atoms with Crippen LogP contribution in [0.25, 0.3) is 0 Å². The Morgan fingerprint density at radius 1 is 1.18 bits per heavy atom. The summed E-state index contributed by atoms with van der Waals surface area (Å²) in [6, 6.07) is 9.22. The molecule has 0 N–H and O–H groups in total. The van der Waals surface area contributed by atoms with Crippen LogP contribution in [0.1, 0.15) is 5.56 Å². The monoisotopic (exact) mass is 331 g/mol. The Morgan fingerprint density at radius 3 is 2.65 bits per heavy atom. The maximum atomic E-state index is 6.01. The van der Waals surface area contributed by atoms with Crippen molar-refractivity contribution in [3.63, 3.8) is 0 Å². The average molecular weight is 333 g/mol. The molecule has 0 unspecified atom stereocenters. The predicted molar refractivity (Wildman–Crippen MR) is 72.7 cm³/mol. The molecule has 0 aliphatic rings. The van der Waals surface area contributed by atoms with Gasteiger partial charge in [0, 0.05) is 21.3 Å². The maximum absolute atomic E-state index is 6.01. The molecule has 88 valence electrons. The van der Waals surface area contributed by atoms with Gasteiger partial charge in [0.05, 0.1) is 0 Å². The van der Waals surface area contributed by atoms with Crippen molar-refractivity contribution in [2.24, 2.45) is 0 Å². The van der Waals surface area contributed by atoms with Gasteiger partial charge in [0.2, 0.25) is 5.88 Å². The third-order valence-electron chi connectivity index (χ3n) is 2.10. The van der Waals surface area contributed by atoms with Crippen molar-refractivity contribution >= 4 is 39.1 Å². The Kier molecular flexibility index (Phi) is 4.26. The van der Waals surface area contributed by atoms with Crippen LogP contribution in [0.3, 0.4) is 0 Å². The van der Waals surface area contributed by atoms with Gasteiger partial charge < -0.3 is 4.74 Å². The fourth-order valence-corrected chi connectivity index (χ4v) is 2.14. The Hall–Kier alpha value is -0.770. The molecule has 5 heteroatoms. The van der Waals surface area contributed by atoms with E-state index in [1.165, 1.54) is 0 Å². The van der Waals surface area contributed by atoms with E-state index in [4.69, 9.17) is 27.9 Å². The van der Waals surface area contributed by atoms with Gasteiger partial charge in [-0.3, -0.25) is 0 Å². The van der Waals surface area contributed by atoms with Crippen LogP contribution in [0.4, 0.5) is 0 Å². The lowest BCUT2D eigenvalue weighted by molar-refractivity contribution is 0.294. The van der Waals surface area contributed by atoms with Crippen molar-refractivity contribution in [1.82, 2.24) is 4.98 Å². The summed E-state index contributed by atoms with van der Waals surface area (Å²) in [7, 11) is 0. The number of halogens is 3. The van der Waals surface area contributed by atoms with Gasteiger partial charge in [-0.25, -0.2) is 4.98 Å². The molecular formula is C12H8BrCl2NO. The second-order valence-corrected chi connectivity index (χ2v) is 5.05. The number of ether oxygens (including phenoxy) is 1. The molecule has 0 atom stereocenters. The van der Waals surface area contributed by atoms with Gasteiger partial charge in [0.25, 0.3) is 0 Å². The normalized spacial score (nSPS) is 10.3. The number of nitrogens with zero attached hydrogens (tertiary/aromatic N) is 1. The molecule has 0 aliphatic carbocycles. The van der Waals surface area contributed by atoms with E-state index in [1.54, 1.807) is 12.3 Å². The topological polar surface area (TPSA) is 22.1 Å². The van der Waals surface area contributed by atoms with Crippen LogP contribution in [0.15, 0.2) is 41.0 Å². The van der Waals surface area contributed by atoms with E-state index in [9.17, 15) is 0 Å². The second kappa shape index (κ2) is 5.71. The van der Waals surface area contributed by atoms with Crippen LogP contribution in [0.5, 0.6) is 5.88 Å². The molecule has 1 heterocycles. The van der Waals surface area contributed by atoms with Gasteiger partial charge in [-0.2, -0.15) is 0 Å². The van der Waals surface area contributed by atoms with E-state index in [1.807, 2.05) is 24.3 Å². The highest BCUT2D eigenvalue weighted by molar-refractivity contribution is 9.10. The zero-order chi connectivity index (χ0) is 12.3. The molecule has 0 saturated heterocycles. The highest BCUT2D eigenvalue weighted by atomic mass is 79.9. The first kappa shape index (κ1) is 12.7. The minimum atomic E-state index is 0.341. The summed E-state index contributed by atoms with van der Waals surface area (Å²) in [4.78, 5) is 4.08. The Labute approximate surface area is 118 Å². The molecule has 0 spiro atoms. The van der Waals surface area contributed by atoms with Crippen molar-refractivity contribution in [1.29, 1.82) is 0 Å². The highest BCUT2D eigenvalue weighted by Gasteiger charge is 2.05. The molecule has 0 fully saturated rings. The molecule has 0 saturated carbocycles. The van der Waals surface area contributed by atoms with E-state index >= 15 is 0 Å². The lowest BCUT2D eigenvalue weighted by Crippen LogP contribution is -1.98. The molecule has 0 radical (unpaired) electrons. The summed E-state index contributed by atoms with van der Waals surface area (Å²) in [5, 5.41) is 1.13. The lowest BCUT2D eigenvalue weighted by atomic mass is 10.2. The van der Waals surface area contributed by atoms with Crippen molar-refractivity contribution in [3.8, 4) is 5.88 Å². The Balaban J connectivity index is 2.10. The van der Waals surface area contributed by atoms with E-state index in [0.29, 0.717) is 22.5 Å². The molecule has 0 aliphatic heterocycles. The van der Waals surface area contributed by atoms with Gasteiger partial charge in [-0.05, 0) is 28.1 Å². The quantitative estimate of drug-likeness (QED) is 0.810. The van der Waals surface area contributed by atoms with Gasteiger partial charge in [-0.15, -0.1) is 0 Å². The smallest absolute Gasteiger partial charge is 0.232 e. The molecule has 1 aromatic heterocycles. The van der Waals surface area contributed by atoms with Crippen LogP contribution in [-0.4, -0.2) is 4.98 Å². The molecule has 17 heavy (non-hydrogen) atoms. The number of hydrogen-bond acceptors (Lipinski definition) is 2. The van der Waals surface area contributed by atoms with Crippen LogP contribution in [-0.2, 0) is 6.61 Å². The Bertz CT molecular complexity index is 534. The van der Waals surface area contributed by atoms with Crippen LogP contribution >= 0.6 is 39.1 Å². The van der Waals surface area contributed by atoms with Crippen LogP contribution in [0, 0.1) is 0 Å². The lowest BCUT2D eigenvalue weighted by Gasteiger charge is -2.08. The first-order valence-corrected chi connectivity index (χ1v) is 6.39. The van der Waals surface area contributed by atoms with E-state index < -0.39 is 0 Å². The fourth-order valence-electron chi connectivity index (χ4n) is 1.27. The predicted octanol–water partition coefficient (Wildman–Crippen LogP) is 4.73. The molecular weight excluding hydrogens is 325 g/mol. The molecule has 2 nitrogen and oxygen atoms in total. The van der Waals surface area contributed by atoms with Crippen molar-refractivity contribution < 1.29 is 4.74 Å². The Morgan fingerprint density at radius 2 is 1.94 bits per heavy atom. The van der Waals surface area contributed by atoms with Gasteiger partial charge in [0.1, 0.15) is 11.6 Å². The maximum Gasteiger partial charge on any atom is 0.232 e. The standard InChI is InChI=1S/C12H8BrCl2NO/c13-9-5-11(15)12(16-6-9)17-7-8-3-1-2-4-10(8)14/h1-6H,7H2. The third-order valence-corrected chi connectivity index (χ3v) is 3.17. The minimum Gasteiger partial charge on any atom is -0.472 e. The summed E-state index contributed by atoms with van der Waals surface area (Å²) in [6.07, 6.45) is 1.63.